The number of amides is 2. The Balaban J connectivity index is 1.86. The van der Waals surface area contributed by atoms with Gasteiger partial charge < -0.3 is 19.8 Å². The average molecular weight is 414 g/mol. The Bertz CT molecular complexity index is 994. The normalized spacial score (nSPS) is 13.7. The highest BCUT2D eigenvalue weighted by Crippen LogP contribution is 2.29. The van der Waals surface area contributed by atoms with Crippen LogP contribution in [0.3, 0.4) is 0 Å². The second-order valence-corrected chi connectivity index (χ2v) is 7.27. The number of benzene rings is 1. The van der Waals surface area contributed by atoms with Crippen LogP contribution in [0.1, 0.15) is 15.9 Å². The van der Waals surface area contributed by atoms with Gasteiger partial charge in [-0.1, -0.05) is 17.7 Å². The maximum absolute atomic E-state index is 12.1. The summed E-state index contributed by atoms with van der Waals surface area (Å²) in [5.74, 6) is 0.347. The topological polar surface area (TPSA) is 101 Å². The molecule has 1 saturated heterocycles. The number of aromatic nitrogens is 1. The molecule has 1 aliphatic heterocycles. The van der Waals surface area contributed by atoms with Gasteiger partial charge in [0.05, 0.1) is 16.1 Å². The van der Waals surface area contributed by atoms with Crippen LogP contribution in [-0.4, -0.2) is 72.2 Å². The maximum atomic E-state index is 12.1. The molecular weight excluding hydrogens is 394 g/mol. The predicted molar refractivity (Wildman–Crippen MR) is 109 cm³/mol. The number of carbonyl (C=O) groups is 2. The summed E-state index contributed by atoms with van der Waals surface area (Å²) >= 11 is 6.29. The Morgan fingerprint density at radius 2 is 1.86 bits per heavy atom. The molecule has 0 aliphatic carbocycles. The van der Waals surface area contributed by atoms with Crippen LogP contribution in [-0.2, 0) is 0 Å². The van der Waals surface area contributed by atoms with Gasteiger partial charge in [-0.25, -0.2) is 9.78 Å². The van der Waals surface area contributed by atoms with E-state index in [9.17, 15) is 14.9 Å². The van der Waals surface area contributed by atoms with E-state index in [2.05, 4.69) is 11.1 Å². The van der Waals surface area contributed by atoms with E-state index in [1.54, 1.807) is 44.6 Å². The standard InChI is InChI=1S/C20H20ClN5O3/c1-24(2)19(27)16-4-3-13(10-17(16)21)15-9-14(11-22)18(23-12-15)25-5-7-26(8-6-25)20(28)29/h3-4,9-10,12H,5-8H2,1-2H3,(H,28,29). The van der Waals surface area contributed by atoms with Gasteiger partial charge in [0.25, 0.3) is 5.91 Å². The van der Waals surface area contributed by atoms with E-state index in [0.717, 1.165) is 5.56 Å². The van der Waals surface area contributed by atoms with E-state index in [1.807, 2.05) is 4.90 Å². The third-order valence-electron chi connectivity index (χ3n) is 4.78. The Hall–Kier alpha value is -3.31. The molecule has 0 saturated carbocycles. The summed E-state index contributed by atoms with van der Waals surface area (Å²) in [5.41, 5.74) is 2.26. The van der Waals surface area contributed by atoms with Crippen LogP contribution < -0.4 is 4.90 Å². The number of rotatable bonds is 3. The van der Waals surface area contributed by atoms with E-state index in [-0.39, 0.29) is 5.91 Å². The lowest BCUT2D eigenvalue weighted by Crippen LogP contribution is -2.48. The molecule has 9 heteroatoms. The molecule has 1 aromatic heterocycles. The van der Waals surface area contributed by atoms with Crippen molar-refractivity contribution < 1.29 is 14.7 Å². The number of hydrogen-bond donors (Lipinski definition) is 1. The second kappa shape index (κ2) is 8.37. The number of carbonyl (C=O) groups excluding carboxylic acids is 1. The molecule has 0 spiro atoms. The van der Waals surface area contributed by atoms with Crippen molar-refractivity contribution in [1.29, 1.82) is 5.26 Å². The molecule has 2 aromatic rings. The van der Waals surface area contributed by atoms with Crippen molar-refractivity contribution in [2.45, 2.75) is 0 Å². The van der Waals surface area contributed by atoms with Gasteiger partial charge >= 0.3 is 6.09 Å². The zero-order valence-corrected chi connectivity index (χ0v) is 16.8. The molecule has 1 fully saturated rings. The lowest BCUT2D eigenvalue weighted by molar-refractivity contribution is 0.0827. The molecule has 3 rings (SSSR count). The van der Waals surface area contributed by atoms with Gasteiger partial charge in [0.15, 0.2) is 0 Å². The molecule has 1 aliphatic rings. The molecule has 1 aromatic carbocycles. The number of carboxylic acid groups (broad SMARTS) is 1. The number of nitrogens with zero attached hydrogens (tertiary/aromatic N) is 5. The van der Waals surface area contributed by atoms with Crippen LogP contribution in [0.5, 0.6) is 0 Å². The Kier molecular flexibility index (Phi) is 5.89. The zero-order chi connectivity index (χ0) is 21.1. The molecule has 0 bridgehead atoms. The Labute approximate surface area is 173 Å². The van der Waals surface area contributed by atoms with Gasteiger partial charge in [-0.15, -0.1) is 0 Å². The Morgan fingerprint density at radius 3 is 2.41 bits per heavy atom. The summed E-state index contributed by atoms with van der Waals surface area (Å²) in [4.78, 5) is 32.4. The highest BCUT2D eigenvalue weighted by atomic mass is 35.5. The highest BCUT2D eigenvalue weighted by Gasteiger charge is 2.23. The van der Waals surface area contributed by atoms with Crippen molar-refractivity contribution in [3.8, 4) is 17.2 Å². The van der Waals surface area contributed by atoms with Crippen molar-refractivity contribution in [2.75, 3.05) is 45.2 Å². The monoisotopic (exact) mass is 413 g/mol. The number of piperazine rings is 1. The molecule has 0 atom stereocenters. The Morgan fingerprint density at radius 1 is 1.17 bits per heavy atom. The summed E-state index contributed by atoms with van der Waals surface area (Å²) in [5, 5.41) is 19.0. The van der Waals surface area contributed by atoms with Crippen molar-refractivity contribution in [3.05, 3.63) is 46.6 Å². The van der Waals surface area contributed by atoms with Gasteiger partial charge in [0, 0.05) is 52.0 Å². The minimum atomic E-state index is -0.943. The number of halogens is 1. The van der Waals surface area contributed by atoms with E-state index < -0.39 is 6.09 Å². The van der Waals surface area contributed by atoms with E-state index in [4.69, 9.17) is 16.7 Å². The molecule has 29 heavy (non-hydrogen) atoms. The SMILES string of the molecule is CN(C)C(=O)c1ccc(-c2cnc(N3CCN(C(=O)O)CC3)c(C#N)c2)cc1Cl. The van der Waals surface area contributed by atoms with Crippen LogP contribution in [0.25, 0.3) is 11.1 Å². The molecule has 2 amide bonds. The molecule has 2 heterocycles. The van der Waals surface area contributed by atoms with E-state index in [1.165, 1.54) is 9.80 Å². The molecular formula is C20H20ClN5O3. The van der Waals surface area contributed by atoms with Gasteiger partial charge in [0.2, 0.25) is 0 Å². The smallest absolute Gasteiger partial charge is 0.407 e. The first-order valence-corrected chi connectivity index (χ1v) is 9.34. The quantitative estimate of drug-likeness (QED) is 0.830. The first-order chi connectivity index (χ1) is 13.8. The lowest BCUT2D eigenvalue weighted by atomic mass is 10.0. The first kappa shape index (κ1) is 20.4. The van der Waals surface area contributed by atoms with Crippen LogP contribution in [0.4, 0.5) is 10.6 Å². The van der Waals surface area contributed by atoms with Gasteiger partial charge in [0.1, 0.15) is 11.9 Å². The molecule has 150 valence electrons. The first-order valence-electron chi connectivity index (χ1n) is 8.96. The van der Waals surface area contributed by atoms with Gasteiger partial charge in [-0.05, 0) is 23.8 Å². The van der Waals surface area contributed by atoms with Crippen molar-refractivity contribution in [1.82, 2.24) is 14.8 Å². The number of nitriles is 1. The van der Waals surface area contributed by atoms with Gasteiger partial charge in [-0.3, -0.25) is 4.79 Å². The van der Waals surface area contributed by atoms with Crippen molar-refractivity contribution in [3.63, 3.8) is 0 Å². The van der Waals surface area contributed by atoms with Crippen LogP contribution >= 0.6 is 11.6 Å². The molecule has 8 nitrogen and oxygen atoms in total. The summed E-state index contributed by atoms with van der Waals surface area (Å²) in [7, 11) is 3.31. The molecule has 0 unspecified atom stereocenters. The third-order valence-corrected chi connectivity index (χ3v) is 5.09. The van der Waals surface area contributed by atoms with Crippen LogP contribution in [0, 0.1) is 11.3 Å². The fourth-order valence-corrected chi connectivity index (χ4v) is 3.43. The van der Waals surface area contributed by atoms with E-state index >= 15 is 0 Å². The largest absolute Gasteiger partial charge is 0.465 e. The van der Waals surface area contributed by atoms with Gasteiger partial charge in [-0.2, -0.15) is 5.26 Å². The molecule has 1 N–H and O–H groups in total. The molecule has 0 radical (unpaired) electrons. The summed E-state index contributed by atoms with van der Waals surface area (Å²) < 4.78 is 0. The second-order valence-electron chi connectivity index (χ2n) is 6.86. The van der Waals surface area contributed by atoms with Crippen LogP contribution in [0.2, 0.25) is 5.02 Å². The minimum absolute atomic E-state index is 0.187. The third kappa shape index (κ3) is 4.25. The minimum Gasteiger partial charge on any atom is -0.465 e. The lowest BCUT2D eigenvalue weighted by Gasteiger charge is -2.34. The van der Waals surface area contributed by atoms with Crippen molar-refractivity contribution in [2.24, 2.45) is 0 Å². The number of hydrogen-bond acceptors (Lipinski definition) is 5. The number of anilines is 1. The summed E-state index contributed by atoms with van der Waals surface area (Å²) in [6.07, 6.45) is 0.709. The predicted octanol–water partition coefficient (Wildman–Crippen LogP) is 2.78. The fraction of sp³-hybridized carbons (Fsp3) is 0.300. The summed E-state index contributed by atoms with van der Waals surface area (Å²) in [6, 6.07) is 9.01. The maximum Gasteiger partial charge on any atom is 0.407 e. The van der Waals surface area contributed by atoms with Crippen molar-refractivity contribution >= 4 is 29.4 Å². The highest BCUT2D eigenvalue weighted by molar-refractivity contribution is 6.34. The number of pyridine rings is 1. The summed E-state index contributed by atoms with van der Waals surface area (Å²) in [6.45, 7) is 1.67. The zero-order valence-electron chi connectivity index (χ0n) is 16.1. The van der Waals surface area contributed by atoms with Crippen LogP contribution in [0.15, 0.2) is 30.5 Å². The fourth-order valence-electron chi connectivity index (χ4n) is 3.17. The van der Waals surface area contributed by atoms with E-state index in [0.29, 0.717) is 53.7 Å². The average Bonchev–Trinajstić information content (AvgIpc) is 2.72.